The molecule has 0 saturated carbocycles. The van der Waals surface area contributed by atoms with E-state index in [4.69, 9.17) is 4.74 Å². The number of carbonyl (C=O) groups is 1. The molecule has 1 N–H and O–H groups in total. The minimum absolute atomic E-state index is 0.135. The number of hydrogen-bond acceptors (Lipinski definition) is 4. The topological polar surface area (TPSA) is 75.7 Å². The molecule has 0 aromatic heterocycles. The molecule has 0 spiro atoms. The van der Waals surface area contributed by atoms with Crippen LogP contribution in [0.15, 0.2) is 77.7 Å². The number of aryl methyl sites for hydroxylation is 1. The molecule has 0 aliphatic carbocycles. The normalized spacial score (nSPS) is 11.4. The Morgan fingerprint density at radius 2 is 1.67 bits per heavy atom. The lowest BCUT2D eigenvalue weighted by Crippen LogP contribution is -2.38. The molecule has 7 heteroatoms. The van der Waals surface area contributed by atoms with E-state index < -0.39 is 15.9 Å². The van der Waals surface area contributed by atoms with Crippen molar-refractivity contribution in [2.45, 2.75) is 38.2 Å². The summed E-state index contributed by atoms with van der Waals surface area (Å²) >= 11 is 0. The Bertz CT molecular complexity index is 1190. The summed E-state index contributed by atoms with van der Waals surface area (Å²) < 4.78 is 33.3. The predicted molar refractivity (Wildman–Crippen MR) is 132 cm³/mol. The van der Waals surface area contributed by atoms with E-state index in [9.17, 15) is 13.2 Å². The predicted octanol–water partition coefficient (Wildman–Crippen LogP) is 5.10. The van der Waals surface area contributed by atoms with E-state index in [-0.39, 0.29) is 11.4 Å². The van der Waals surface area contributed by atoms with Gasteiger partial charge in [0, 0.05) is 12.8 Å². The Hall–Kier alpha value is -3.16. The maximum atomic E-state index is 13.5. The molecule has 174 valence electrons. The van der Waals surface area contributed by atoms with Crippen LogP contribution < -0.4 is 9.62 Å². The van der Waals surface area contributed by atoms with Gasteiger partial charge in [-0.05, 0) is 60.4 Å². The zero-order valence-electron chi connectivity index (χ0n) is 19.4. The summed E-state index contributed by atoms with van der Waals surface area (Å²) in [4.78, 5) is 13.1. The molecule has 0 saturated heterocycles. The summed E-state index contributed by atoms with van der Waals surface area (Å²) in [6.45, 7) is 6.09. The highest BCUT2D eigenvalue weighted by Gasteiger charge is 2.27. The summed E-state index contributed by atoms with van der Waals surface area (Å²) in [6.07, 6.45) is 0. The maximum absolute atomic E-state index is 13.5. The number of nitrogens with zero attached hydrogens (tertiary/aromatic N) is 1. The van der Waals surface area contributed by atoms with Gasteiger partial charge < -0.3 is 10.1 Å². The van der Waals surface area contributed by atoms with Gasteiger partial charge >= 0.3 is 0 Å². The lowest BCUT2D eigenvalue weighted by Gasteiger charge is -2.24. The van der Waals surface area contributed by atoms with E-state index in [1.165, 1.54) is 0 Å². The third-order valence-corrected chi connectivity index (χ3v) is 7.05. The smallest absolute Gasteiger partial charge is 0.264 e. The molecule has 3 aromatic carbocycles. The van der Waals surface area contributed by atoms with Crippen molar-refractivity contribution < 1.29 is 17.9 Å². The number of nitrogens with one attached hydrogen (secondary N) is 1. The maximum Gasteiger partial charge on any atom is 0.264 e. The van der Waals surface area contributed by atoms with Crippen LogP contribution in [0.1, 0.15) is 36.5 Å². The second kappa shape index (κ2) is 10.6. The summed E-state index contributed by atoms with van der Waals surface area (Å²) in [5.74, 6) is -0.128. The zero-order valence-corrected chi connectivity index (χ0v) is 20.2. The summed E-state index contributed by atoms with van der Waals surface area (Å²) in [7, 11) is -2.35. The van der Waals surface area contributed by atoms with Crippen molar-refractivity contribution in [3.05, 3.63) is 89.5 Å². The molecule has 0 unspecified atom stereocenters. The number of sulfonamides is 1. The molecule has 0 aliphatic heterocycles. The van der Waals surface area contributed by atoms with Crippen LogP contribution in [0.3, 0.4) is 0 Å². The standard InChI is InChI=1S/C26H30N2O4S/c1-19(2)22-10-12-24(13-11-22)28(33(30,31)25-14-8-20(3)9-15-25)17-26(29)27-23-7-5-6-21(16-23)18-32-4/h5-16,19H,17-18H2,1-4H3,(H,27,29). The fraction of sp³-hybridized carbons (Fsp3) is 0.269. The molecule has 0 fully saturated rings. The molecule has 0 heterocycles. The second-order valence-electron chi connectivity index (χ2n) is 8.25. The van der Waals surface area contributed by atoms with Crippen molar-refractivity contribution in [2.75, 3.05) is 23.3 Å². The van der Waals surface area contributed by atoms with Gasteiger partial charge in [-0.25, -0.2) is 8.42 Å². The minimum Gasteiger partial charge on any atom is -0.380 e. The van der Waals surface area contributed by atoms with Crippen molar-refractivity contribution in [1.29, 1.82) is 0 Å². The molecule has 3 aromatic rings. The first kappa shape index (κ1) is 24.5. The summed E-state index contributed by atoms with van der Waals surface area (Å²) in [6, 6.07) is 21.2. The van der Waals surface area contributed by atoms with Gasteiger partial charge in [-0.3, -0.25) is 9.10 Å². The van der Waals surface area contributed by atoms with Gasteiger partial charge in [-0.1, -0.05) is 55.8 Å². The molecular weight excluding hydrogens is 436 g/mol. The van der Waals surface area contributed by atoms with Crippen molar-refractivity contribution in [3.8, 4) is 0 Å². The van der Waals surface area contributed by atoms with Gasteiger partial charge in [0.05, 0.1) is 17.2 Å². The Balaban J connectivity index is 1.92. The van der Waals surface area contributed by atoms with E-state index >= 15 is 0 Å². The Kier molecular flexibility index (Phi) is 7.89. The fourth-order valence-electron chi connectivity index (χ4n) is 3.41. The third-order valence-electron chi connectivity index (χ3n) is 5.27. The molecule has 33 heavy (non-hydrogen) atoms. The number of anilines is 2. The molecular formula is C26H30N2O4S. The van der Waals surface area contributed by atoms with Gasteiger partial charge in [-0.2, -0.15) is 0 Å². The molecule has 1 amide bonds. The number of amides is 1. The van der Waals surface area contributed by atoms with Crippen molar-refractivity contribution in [3.63, 3.8) is 0 Å². The monoisotopic (exact) mass is 466 g/mol. The van der Waals surface area contributed by atoms with E-state index in [1.807, 2.05) is 31.2 Å². The van der Waals surface area contributed by atoms with E-state index in [2.05, 4.69) is 19.2 Å². The number of ether oxygens (including phenoxy) is 1. The van der Waals surface area contributed by atoms with Crippen LogP contribution in [0.2, 0.25) is 0 Å². The zero-order chi connectivity index (χ0) is 24.0. The molecule has 6 nitrogen and oxygen atoms in total. The molecule has 0 aliphatic rings. The largest absolute Gasteiger partial charge is 0.380 e. The van der Waals surface area contributed by atoms with Gasteiger partial charge in [0.15, 0.2) is 0 Å². The number of benzene rings is 3. The highest BCUT2D eigenvalue weighted by atomic mass is 32.2. The lowest BCUT2D eigenvalue weighted by atomic mass is 10.0. The van der Waals surface area contributed by atoms with Gasteiger partial charge in [0.2, 0.25) is 5.91 Å². The molecule has 0 atom stereocenters. The molecule has 0 bridgehead atoms. The van der Waals surface area contributed by atoms with Crippen molar-refractivity contribution in [1.82, 2.24) is 0 Å². The van der Waals surface area contributed by atoms with E-state index in [0.717, 1.165) is 21.0 Å². The van der Waals surface area contributed by atoms with Crippen LogP contribution >= 0.6 is 0 Å². The minimum atomic E-state index is -3.96. The SMILES string of the molecule is COCc1cccc(NC(=O)CN(c2ccc(C(C)C)cc2)S(=O)(=O)c2ccc(C)cc2)c1. The number of rotatable bonds is 9. The second-order valence-corrected chi connectivity index (χ2v) is 10.1. The number of methoxy groups -OCH3 is 1. The van der Waals surface area contributed by atoms with E-state index in [0.29, 0.717) is 23.9 Å². The van der Waals surface area contributed by atoms with E-state index in [1.54, 1.807) is 55.6 Å². The highest BCUT2D eigenvalue weighted by molar-refractivity contribution is 7.92. The first-order chi connectivity index (χ1) is 15.7. The van der Waals surface area contributed by atoms with Crippen LogP contribution in [0, 0.1) is 6.92 Å². The van der Waals surface area contributed by atoms with Gasteiger partial charge in [0.25, 0.3) is 10.0 Å². The first-order valence-corrected chi connectivity index (χ1v) is 12.2. The molecule has 0 radical (unpaired) electrons. The van der Waals surface area contributed by atoms with Crippen molar-refractivity contribution >= 4 is 27.3 Å². The Morgan fingerprint density at radius 3 is 2.27 bits per heavy atom. The highest BCUT2D eigenvalue weighted by Crippen LogP contribution is 2.26. The summed E-state index contributed by atoms with van der Waals surface area (Å²) in [5.41, 5.74) is 3.96. The van der Waals surface area contributed by atoms with Crippen LogP contribution in [-0.4, -0.2) is 28.0 Å². The van der Waals surface area contributed by atoms with Gasteiger partial charge in [0.1, 0.15) is 6.54 Å². The van der Waals surface area contributed by atoms with Crippen LogP contribution in [0.4, 0.5) is 11.4 Å². The summed E-state index contributed by atoms with van der Waals surface area (Å²) in [5, 5.41) is 2.80. The first-order valence-electron chi connectivity index (χ1n) is 10.8. The third kappa shape index (κ3) is 6.21. The number of carbonyl (C=O) groups excluding carboxylic acids is 1. The van der Waals surface area contributed by atoms with Crippen molar-refractivity contribution in [2.24, 2.45) is 0 Å². The average Bonchev–Trinajstić information content (AvgIpc) is 2.78. The molecule has 3 rings (SSSR count). The number of hydrogen-bond donors (Lipinski definition) is 1. The van der Waals surface area contributed by atoms with Crippen LogP contribution in [0.25, 0.3) is 0 Å². The quantitative estimate of drug-likeness (QED) is 0.476. The van der Waals surface area contributed by atoms with Crippen LogP contribution in [-0.2, 0) is 26.2 Å². The van der Waals surface area contributed by atoms with Gasteiger partial charge in [-0.15, -0.1) is 0 Å². The average molecular weight is 467 g/mol. The Labute approximate surface area is 196 Å². The Morgan fingerprint density at radius 1 is 1.00 bits per heavy atom. The van der Waals surface area contributed by atoms with Crippen LogP contribution in [0.5, 0.6) is 0 Å². The lowest BCUT2D eigenvalue weighted by molar-refractivity contribution is -0.114. The fourth-order valence-corrected chi connectivity index (χ4v) is 4.84.